The molecule has 1 amide bonds. The molecule has 2 unspecified atom stereocenters. The fourth-order valence-corrected chi connectivity index (χ4v) is 14.5. The van der Waals surface area contributed by atoms with E-state index < -0.39 is 12.2 Å². The number of aliphatic hydroxyl groups excluding tert-OH is 1. The summed E-state index contributed by atoms with van der Waals surface area (Å²) in [7, 11) is 1.61. The summed E-state index contributed by atoms with van der Waals surface area (Å²) in [6.45, 7) is 22.7. The number of morpholine rings is 1. The van der Waals surface area contributed by atoms with Gasteiger partial charge in [0.15, 0.2) is 6.29 Å². The Balaban J connectivity index is 1.00. The van der Waals surface area contributed by atoms with E-state index in [0.29, 0.717) is 34.5 Å². The molecule has 0 aromatic rings. The van der Waals surface area contributed by atoms with Gasteiger partial charge in [0.1, 0.15) is 6.10 Å². The third-order valence-electron chi connectivity index (χ3n) is 17.1. The van der Waals surface area contributed by atoms with E-state index in [1.54, 1.807) is 7.05 Å². The topological polar surface area (TPSA) is 102 Å². The summed E-state index contributed by atoms with van der Waals surface area (Å²) in [5.74, 6) is 2.71. The zero-order chi connectivity index (χ0) is 34.7. The van der Waals surface area contributed by atoms with Crippen LogP contribution >= 0.6 is 0 Å². The summed E-state index contributed by atoms with van der Waals surface area (Å²) < 4.78 is 26.1. The Morgan fingerprint density at radius 2 is 1.80 bits per heavy atom. The average molecular weight is 686 g/mol. The van der Waals surface area contributed by atoms with Crippen LogP contribution in [-0.4, -0.2) is 99.3 Å². The van der Waals surface area contributed by atoms with Crippen LogP contribution in [0.4, 0.5) is 4.79 Å². The van der Waals surface area contributed by atoms with Crippen LogP contribution in [0.1, 0.15) is 99.8 Å². The van der Waals surface area contributed by atoms with E-state index >= 15 is 0 Å². The number of nitrogens with zero attached hydrogens (tertiary/aromatic N) is 1. The Morgan fingerprint density at radius 1 is 1.06 bits per heavy atom. The molecule has 8 fully saturated rings. The maximum absolute atomic E-state index is 12.6. The van der Waals surface area contributed by atoms with Crippen LogP contribution in [0.3, 0.4) is 0 Å². The predicted octanol–water partition coefficient (Wildman–Crippen LogP) is 5.44. The molecule has 14 atom stereocenters. The summed E-state index contributed by atoms with van der Waals surface area (Å²) in [4.78, 5) is 14.9. The van der Waals surface area contributed by atoms with Gasteiger partial charge in [0, 0.05) is 45.2 Å². The number of carbonyl (C=O) groups is 1. The van der Waals surface area contributed by atoms with Crippen molar-refractivity contribution in [3.05, 3.63) is 0 Å². The molecule has 3 saturated heterocycles. The van der Waals surface area contributed by atoms with Gasteiger partial charge in [0.25, 0.3) is 0 Å². The molecule has 9 heteroatoms. The second-order valence-electron chi connectivity index (χ2n) is 19.6. The van der Waals surface area contributed by atoms with Gasteiger partial charge in [-0.2, -0.15) is 0 Å². The highest BCUT2D eigenvalue weighted by Crippen LogP contribution is 2.89. The molecule has 0 aromatic heterocycles. The Bertz CT molecular complexity index is 1280. The van der Waals surface area contributed by atoms with Gasteiger partial charge in [-0.05, 0) is 109 Å². The molecule has 9 nitrogen and oxygen atoms in total. The van der Waals surface area contributed by atoms with Crippen molar-refractivity contribution in [2.75, 3.05) is 46.4 Å². The minimum atomic E-state index is -0.522. The molecular formula is C40H67N3O6. The molecule has 49 heavy (non-hydrogen) atoms. The molecule has 8 rings (SSSR count). The smallest absolute Gasteiger partial charge is 0.407 e. The van der Waals surface area contributed by atoms with Crippen molar-refractivity contribution in [1.82, 2.24) is 15.5 Å². The number of carbonyl (C=O) groups excluding carboxylic acids is 1. The largest absolute Gasteiger partial charge is 0.443 e. The molecule has 5 aliphatic carbocycles. The molecule has 8 aliphatic rings. The second kappa shape index (κ2) is 12.0. The van der Waals surface area contributed by atoms with Crippen LogP contribution in [0, 0.1) is 62.6 Å². The van der Waals surface area contributed by atoms with Crippen molar-refractivity contribution in [3.63, 3.8) is 0 Å². The van der Waals surface area contributed by atoms with Gasteiger partial charge >= 0.3 is 6.09 Å². The van der Waals surface area contributed by atoms with Crippen LogP contribution in [0.25, 0.3) is 0 Å². The van der Waals surface area contributed by atoms with Crippen molar-refractivity contribution in [2.24, 2.45) is 62.6 Å². The molecule has 3 aliphatic heterocycles. The maximum atomic E-state index is 12.6. The lowest BCUT2D eigenvalue weighted by molar-refractivity contribution is -0.249. The normalized spacial score (nSPS) is 50.9. The number of hydrogen-bond acceptors (Lipinski definition) is 8. The first-order valence-corrected chi connectivity index (χ1v) is 20.1. The highest BCUT2D eigenvalue weighted by Gasteiger charge is 2.84. The number of amides is 1. The third-order valence-corrected chi connectivity index (χ3v) is 17.1. The van der Waals surface area contributed by atoms with Crippen LogP contribution in [0.2, 0.25) is 0 Å². The van der Waals surface area contributed by atoms with E-state index in [1.165, 1.54) is 32.1 Å². The number of aliphatic hydroxyl groups is 1. The zero-order valence-electron chi connectivity index (χ0n) is 31.8. The number of ether oxygens (including phenoxy) is 4. The van der Waals surface area contributed by atoms with Crippen LogP contribution in [0.15, 0.2) is 0 Å². The SMILES string of the molecule is CNC(=O)O[C@H](C(C)C)C1C[C@@H](C)[C@H]2[C@@H](O1)[C@H](O)[C@@]1(C)C3CC[C@H]4C(C)(C)[C@@H](O[C@H]5CN(CC6CNC6)CCO5)CC[C@@]45C[C@@]35CC[C@]21C. The number of nitrogens with one attached hydrogen (secondary N) is 2. The number of alkyl carbamates (subject to hydrolysis) is 1. The lowest BCUT2D eigenvalue weighted by Gasteiger charge is -2.64. The molecule has 3 heterocycles. The molecule has 0 aromatic carbocycles. The quantitative estimate of drug-likeness (QED) is 0.326. The minimum Gasteiger partial charge on any atom is -0.443 e. The van der Waals surface area contributed by atoms with Crippen molar-refractivity contribution >= 4 is 6.09 Å². The summed E-state index contributed by atoms with van der Waals surface area (Å²) in [6.07, 6.45) is 7.74. The predicted molar refractivity (Wildman–Crippen MR) is 188 cm³/mol. The number of rotatable bonds is 7. The van der Waals surface area contributed by atoms with E-state index in [9.17, 15) is 9.90 Å². The van der Waals surface area contributed by atoms with E-state index in [-0.39, 0.29) is 52.9 Å². The molecule has 2 spiro atoms. The Kier molecular flexibility index (Phi) is 8.61. The Morgan fingerprint density at radius 3 is 2.49 bits per heavy atom. The van der Waals surface area contributed by atoms with E-state index in [4.69, 9.17) is 18.9 Å². The fourth-order valence-electron chi connectivity index (χ4n) is 14.5. The fraction of sp³-hybridized carbons (Fsp3) is 0.975. The first-order valence-electron chi connectivity index (χ1n) is 20.1. The van der Waals surface area contributed by atoms with Crippen LogP contribution < -0.4 is 10.6 Å². The van der Waals surface area contributed by atoms with Crippen molar-refractivity contribution < 1.29 is 28.8 Å². The van der Waals surface area contributed by atoms with Gasteiger partial charge in [0.2, 0.25) is 0 Å². The van der Waals surface area contributed by atoms with E-state index in [1.807, 2.05) is 0 Å². The van der Waals surface area contributed by atoms with Crippen molar-refractivity contribution in [2.45, 2.75) is 137 Å². The van der Waals surface area contributed by atoms with Crippen LogP contribution in [-0.2, 0) is 18.9 Å². The lowest BCUT2D eigenvalue weighted by atomic mass is 9.41. The monoisotopic (exact) mass is 686 g/mol. The molecule has 0 radical (unpaired) electrons. The molecule has 278 valence electrons. The van der Waals surface area contributed by atoms with Gasteiger partial charge in [-0.25, -0.2) is 4.79 Å². The summed E-state index contributed by atoms with van der Waals surface area (Å²) in [6, 6.07) is 0. The minimum absolute atomic E-state index is 0.0125. The van der Waals surface area contributed by atoms with Crippen molar-refractivity contribution in [1.29, 1.82) is 0 Å². The molecular weight excluding hydrogens is 618 g/mol. The molecule has 3 N–H and O–H groups in total. The zero-order valence-corrected chi connectivity index (χ0v) is 31.8. The van der Waals surface area contributed by atoms with Crippen molar-refractivity contribution in [3.8, 4) is 0 Å². The Hall–Kier alpha value is -0.970. The number of hydrogen-bond donors (Lipinski definition) is 3. The maximum Gasteiger partial charge on any atom is 0.407 e. The summed E-state index contributed by atoms with van der Waals surface area (Å²) in [5.41, 5.74) is 0.550. The third kappa shape index (κ3) is 4.93. The first-order chi connectivity index (χ1) is 23.2. The van der Waals surface area contributed by atoms with E-state index in [0.717, 1.165) is 64.5 Å². The van der Waals surface area contributed by atoms with E-state index in [2.05, 4.69) is 64.0 Å². The highest BCUT2D eigenvalue weighted by molar-refractivity contribution is 5.66. The van der Waals surface area contributed by atoms with Crippen LogP contribution in [0.5, 0.6) is 0 Å². The molecule has 0 bridgehead atoms. The Labute approximate surface area is 295 Å². The first kappa shape index (κ1) is 35.1. The average Bonchev–Trinajstić information content (AvgIpc) is 3.67. The lowest BCUT2D eigenvalue weighted by Crippen LogP contribution is -2.60. The summed E-state index contributed by atoms with van der Waals surface area (Å²) in [5, 5.41) is 18.7. The summed E-state index contributed by atoms with van der Waals surface area (Å²) >= 11 is 0. The second-order valence-corrected chi connectivity index (χ2v) is 19.6. The van der Waals surface area contributed by atoms with Gasteiger partial charge in [0.05, 0.1) is 31.0 Å². The van der Waals surface area contributed by atoms with Gasteiger partial charge < -0.3 is 34.7 Å². The molecule has 5 saturated carbocycles. The van der Waals surface area contributed by atoms with Gasteiger partial charge in [-0.15, -0.1) is 0 Å². The van der Waals surface area contributed by atoms with Gasteiger partial charge in [-0.3, -0.25) is 4.90 Å². The highest BCUT2D eigenvalue weighted by atomic mass is 16.7. The van der Waals surface area contributed by atoms with Gasteiger partial charge in [-0.1, -0.05) is 48.5 Å². The number of fused-ring (bicyclic) bond motifs is 4. The standard InChI is InChI=1S/C40H67N3O6/c1-23(2)32(49-35(45)41-8)26-17-24(3)31-33(47-26)34(44)38(7)28-10-9-27-36(4,5)29(11-12-39(27)22-40(28,39)14-13-37(31,38)6)48-30-21-43(15-16-46-30)20-25-18-42-19-25/h23-34,42,44H,9-22H2,1-8H3,(H,41,45)/t24-,26?,27+,28?,29+,30+,31+,32-,33-,34+,37-,38-,39-,40+/m1/s1.